The number of piperazine rings is 1. The van der Waals surface area contributed by atoms with Crippen LogP contribution in [0.2, 0.25) is 5.02 Å². The Hall–Kier alpha value is -1.99. The maximum atomic E-state index is 12.9. The van der Waals surface area contributed by atoms with Crippen LogP contribution in [0, 0.1) is 5.92 Å². The minimum absolute atomic E-state index is 0.0939. The van der Waals surface area contributed by atoms with Crippen molar-refractivity contribution < 1.29 is 4.79 Å². The summed E-state index contributed by atoms with van der Waals surface area (Å²) in [4.78, 5) is 33.3. The fourth-order valence-corrected chi connectivity index (χ4v) is 4.74. The van der Waals surface area contributed by atoms with E-state index >= 15 is 0 Å². The van der Waals surface area contributed by atoms with E-state index in [9.17, 15) is 9.59 Å². The molecule has 0 saturated carbocycles. The van der Waals surface area contributed by atoms with E-state index in [1.54, 1.807) is 4.57 Å². The predicted octanol–water partition coefficient (Wildman–Crippen LogP) is 1.97. The predicted molar refractivity (Wildman–Crippen MR) is 103 cm³/mol. The zero-order valence-electron chi connectivity index (χ0n) is 14.2. The normalized spacial score (nSPS) is 20.0. The van der Waals surface area contributed by atoms with Gasteiger partial charge in [-0.05, 0) is 12.1 Å². The highest BCUT2D eigenvalue weighted by Gasteiger charge is 2.31. The van der Waals surface area contributed by atoms with Crippen LogP contribution in [-0.2, 0) is 11.3 Å². The number of nitrogens with zero attached hydrogens (tertiary/aromatic N) is 4. The lowest BCUT2D eigenvalue weighted by Crippen LogP contribution is -2.52. The van der Waals surface area contributed by atoms with Gasteiger partial charge >= 0.3 is 0 Å². The topological polar surface area (TPSA) is 58.4 Å². The van der Waals surface area contributed by atoms with Crippen molar-refractivity contribution in [3.05, 3.63) is 51.9 Å². The fraction of sp³-hybridized carbons (Fsp3) is 0.389. The lowest BCUT2D eigenvalue weighted by Gasteiger charge is -2.38. The number of rotatable bonds is 2. The molecule has 8 heteroatoms. The summed E-state index contributed by atoms with van der Waals surface area (Å²) in [6, 6.07) is 9.23. The number of carbonyl (C=O) groups is 1. The second-order valence-electron chi connectivity index (χ2n) is 6.45. The van der Waals surface area contributed by atoms with Gasteiger partial charge in [-0.15, -0.1) is 0 Å². The van der Waals surface area contributed by atoms with Gasteiger partial charge in [0.05, 0.1) is 16.6 Å². The Morgan fingerprint density at radius 3 is 2.69 bits per heavy atom. The molecule has 1 atom stereocenters. The minimum Gasteiger partial charge on any atom is -0.367 e. The number of para-hydroxylation sites is 1. The molecular weight excluding hydrogens is 372 g/mol. The summed E-state index contributed by atoms with van der Waals surface area (Å²) in [5, 5.41) is 1.43. The first-order chi connectivity index (χ1) is 12.6. The van der Waals surface area contributed by atoms with Gasteiger partial charge in [-0.3, -0.25) is 14.2 Å². The summed E-state index contributed by atoms with van der Waals surface area (Å²) >= 11 is 7.76. The average molecular weight is 391 g/mol. The Kier molecular flexibility index (Phi) is 4.91. The van der Waals surface area contributed by atoms with Crippen molar-refractivity contribution in [1.29, 1.82) is 0 Å². The smallest absolute Gasteiger partial charge is 0.254 e. The second kappa shape index (κ2) is 7.32. The summed E-state index contributed by atoms with van der Waals surface area (Å²) < 4.78 is 1.61. The Bertz CT molecular complexity index is 879. The molecule has 0 radical (unpaired) electrons. The molecule has 1 saturated heterocycles. The standard InChI is InChI=1S/C18H19ClN4O2S/c19-14-3-1-2-4-15(14)21-7-9-22(10-8-21)17(25)13-11-23-16(24)5-6-20-18(23)26-12-13/h1-6,13H,7-12H2/t13-/m1/s1. The van der Waals surface area contributed by atoms with Crippen molar-refractivity contribution in [2.75, 3.05) is 36.8 Å². The van der Waals surface area contributed by atoms with Crippen molar-refractivity contribution in [3.63, 3.8) is 0 Å². The molecule has 1 fully saturated rings. The van der Waals surface area contributed by atoms with E-state index in [-0.39, 0.29) is 17.4 Å². The number of amides is 1. The number of hydrogen-bond acceptors (Lipinski definition) is 5. The molecule has 2 aliphatic rings. The molecule has 1 aromatic carbocycles. The number of thioether (sulfide) groups is 1. The maximum Gasteiger partial charge on any atom is 0.254 e. The van der Waals surface area contributed by atoms with Crippen LogP contribution in [0.25, 0.3) is 0 Å². The van der Waals surface area contributed by atoms with E-state index in [0.717, 1.165) is 23.8 Å². The number of benzene rings is 1. The summed E-state index contributed by atoms with van der Waals surface area (Å²) in [5.74, 6) is 0.610. The first-order valence-electron chi connectivity index (χ1n) is 8.60. The number of carbonyl (C=O) groups excluding carboxylic acids is 1. The van der Waals surface area contributed by atoms with Gasteiger partial charge in [0.1, 0.15) is 0 Å². The van der Waals surface area contributed by atoms with E-state index < -0.39 is 0 Å². The van der Waals surface area contributed by atoms with Gasteiger partial charge in [0.25, 0.3) is 5.56 Å². The van der Waals surface area contributed by atoms with Gasteiger partial charge in [0.2, 0.25) is 5.91 Å². The molecule has 0 N–H and O–H groups in total. The van der Waals surface area contributed by atoms with Gasteiger partial charge in [-0.25, -0.2) is 4.98 Å². The van der Waals surface area contributed by atoms with E-state index in [0.29, 0.717) is 30.5 Å². The van der Waals surface area contributed by atoms with Crippen LogP contribution in [-0.4, -0.2) is 52.3 Å². The van der Waals surface area contributed by atoms with Crippen molar-refractivity contribution in [2.45, 2.75) is 11.7 Å². The Labute approximate surface area is 160 Å². The van der Waals surface area contributed by atoms with Crippen molar-refractivity contribution in [3.8, 4) is 0 Å². The quantitative estimate of drug-likeness (QED) is 0.734. The largest absolute Gasteiger partial charge is 0.367 e. The molecule has 0 bridgehead atoms. The number of halogens is 1. The highest BCUT2D eigenvalue weighted by atomic mass is 35.5. The molecule has 2 aromatic rings. The monoisotopic (exact) mass is 390 g/mol. The van der Waals surface area contributed by atoms with E-state index in [4.69, 9.17) is 11.6 Å². The highest BCUT2D eigenvalue weighted by Crippen LogP contribution is 2.28. The molecule has 0 spiro atoms. The van der Waals surface area contributed by atoms with Crippen LogP contribution < -0.4 is 10.5 Å². The summed E-state index contributed by atoms with van der Waals surface area (Å²) in [6.07, 6.45) is 1.53. The SMILES string of the molecule is O=C([C@H]1CSc2nccc(=O)n2C1)N1CCN(c2ccccc2Cl)CC1. The second-order valence-corrected chi connectivity index (χ2v) is 7.84. The minimum atomic E-state index is -0.179. The third-order valence-corrected chi connectivity index (χ3v) is 6.32. The van der Waals surface area contributed by atoms with Gasteiger partial charge in [-0.2, -0.15) is 0 Å². The van der Waals surface area contributed by atoms with Crippen LogP contribution in [0.4, 0.5) is 5.69 Å². The third-order valence-electron chi connectivity index (χ3n) is 4.85. The molecule has 2 aliphatic heterocycles. The summed E-state index contributed by atoms with van der Waals surface area (Å²) in [7, 11) is 0. The van der Waals surface area contributed by atoms with Crippen LogP contribution in [0.15, 0.2) is 46.5 Å². The number of hydrogen-bond donors (Lipinski definition) is 0. The summed E-state index contributed by atoms with van der Waals surface area (Å²) in [5.41, 5.74) is 0.921. The Balaban J connectivity index is 1.41. The van der Waals surface area contributed by atoms with E-state index in [1.807, 2.05) is 29.2 Å². The molecule has 0 aliphatic carbocycles. The fourth-order valence-electron chi connectivity index (χ4n) is 3.43. The molecule has 3 heterocycles. The lowest BCUT2D eigenvalue weighted by molar-refractivity contribution is -0.135. The van der Waals surface area contributed by atoms with Crippen molar-refractivity contribution >= 4 is 35.0 Å². The number of fused-ring (bicyclic) bond motifs is 1. The molecule has 1 amide bonds. The lowest BCUT2D eigenvalue weighted by atomic mass is 10.1. The molecule has 26 heavy (non-hydrogen) atoms. The zero-order valence-corrected chi connectivity index (χ0v) is 15.7. The molecule has 136 valence electrons. The first-order valence-corrected chi connectivity index (χ1v) is 9.97. The highest BCUT2D eigenvalue weighted by molar-refractivity contribution is 7.99. The van der Waals surface area contributed by atoms with Crippen LogP contribution >= 0.6 is 23.4 Å². The molecule has 0 unspecified atom stereocenters. The van der Waals surface area contributed by atoms with Crippen molar-refractivity contribution in [1.82, 2.24) is 14.5 Å². The zero-order chi connectivity index (χ0) is 18.1. The average Bonchev–Trinajstić information content (AvgIpc) is 2.68. The van der Waals surface area contributed by atoms with E-state index in [1.165, 1.54) is 24.0 Å². The maximum absolute atomic E-state index is 12.9. The van der Waals surface area contributed by atoms with Crippen LogP contribution in [0.3, 0.4) is 0 Å². The molecule has 4 rings (SSSR count). The number of aromatic nitrogens is 2. The number of anilines is 1. The van der Waals surface area contributed by atoms with Crippen LogP contribution in [0.1, 0.15) is 0 Å². The van der Waals surface area contributed by atoms with Crippen LogP contribution in [0.5, 0.6) is 0 Å². The third kappa shape index (κ3) is 3.33. The van der Waals surface area contributed by atoms with Gasteiger partial charge < -0.3 is 9.80 Å². The van der Waals surface area contributed by atoms with Crippen molar-refractivity contribution in [2.24, 2.45) is 5.92 Å². The molecule has 1 aromatic heterocycles. The Morgan fingerprint density at radius 1 is 1.15 bits per heavy atom. The van der Waals surface area contributed by atoms with Gasteiger partial charge in [-0.1, -0.05) is 35.5 Å². The van der Waals surface area contributed by atoms with Gasteiger partial charge in [0, 0.05) is 50.7 Å². The first kappa shape index (κ1) is 17.4. The van der Waals surface area contributed by atoms with Gasteiger partial charge in [0.15, 0.2) is 5.16 Å². The summed E-state index contributed by atoms with van der Waals surface area (Å²) in [6.45, 7) is 3.26. The molecule has 6 nitrogen and oxygen atoms in total. The molecular formula is C18H19ClN4O2S. The Morgan fingerprint density at radius 2 is 1.92 bits per heavy atom. The van der Waals surface area contributed by atoms with E-state index in [2.05, 4.69) is 9.88 Å².